The van der Waals surface area contributed by atoms with E-state index in [1.807, 2.05) is 19.2 Å². The Kier molecular flexibility index (Phi) is 3.52. The first-order valence-electron chi connectivity index (χ1n) is 5.82. The Balaban J connectivity index is 2.23. The molecule has 0 saturated heterocycles. The smallest absolute Gasteiger partial charge is 0.0733 e. The number of hydrogen-bond donors (Lipinski definition) is 1. The van der Waals surface area contributed by atoms with E-state index in [0.29, 0.717) is 0 Å². The zero-order valence-electron chi connectivity index (χ0n) is 9.56. The summed E-state index contributed by atoms with van der Waals surface area (Å²) >= 11 is 0. The average Bonchev–Trinajstić information content (AvgIpc) is 2.35. The Hall–Kier alpha value is -1.41. The molecule has 0 aliphatic heterocycles. The number of benzene rings is 1. The number of rotatable bonds is 4. The molecule has 1 atom stereocenters. The third kappa shape index (κ3) is 2.39. The number of aliphatic hydroxyl groups is 1. The lowest BCUT2D eigenvalue weighted by atomic mass is 10.0. The third-order valence-corrected chi connectivity index (χ3v) is 2.93. The van der Waals surface area contributed by atoms with Crippen LogP contribution in [0.15, 0.2) is 36.5 Å². The van der Waals surface area contributed by atoms with Gasteiger partial charge in [-0.05, 0) is 30.9 Å². The molecule has 0 radical (unpaired) electrons. The van der Waals surface area contributed by atoms with E-state index in [-0.39, 0.29) is 6.10 Å². The van der Waals surface area contributed by atoms with Gasteiger partial charge in [-0.25, -0.2) is 0 Å². The molecular formula is C14H17NO. The van der Waals surface area contributed by atoms with Gasteiger partial charge in [0.2, 0.25) is 0 Å². The highest BCUT2D eigenvalue weighted by Crippen LogP contribution is 2.18. The quantitative estimate of drug-likeness (QED) is 0.850. The van der Waals surface area contributed by atoms with Gasteiger partial charge in [-0.3, -0.25) is 4.98 Å². The van der Waals surface area contributed by atoms with Crippen LogP contribution in [0.5, 0.6) is 0 Å². The van der Waals surface area contributed by atoms with Crippen LogP contribution in [0.25, 0.3) is 10.9 Å². The molecule has 1 unspecified atom stereocenters. The molecule has 2 nitrogen and oxygen atoms in total. The van der Waals surface area contributed by atoms with E-state index in [1.54, 1.807) is 0 Å². The van der Waals surface area contributed by atoms with E-state index < -0.39 is 0 Å². The molecule has 2 heteroatoms. The van der Waals surface area contributed by atoms with Crippen molar-refractivity contribution in [2.24, 2.45) is 0 Å². The number of pyridine rings is 1. The predicted molar refractivity (Wildman–Crippen MR) is 66.4 cm³/mol. The second kappa shape index (κ2) is 5.08. The van der Waals surface area contributed by atoms with E-state index in [1.165, 1.54) is 10.9 Å². The molecule has 0 saturated carbocycles. The minimum absolute atomic E-state index is 0.195. The Morgan fingerprint density at radius 3 is 2.88 bits per heavy atom. The number of aromatic nitrogens is 1. The van der Waals surface area contributed by atoms with Crippen molar-refractivity contribution in [2.75, 3.05) is 0 Å². The molecule has 0 spiro atoms. The van der Waals surface area contributed by atoms with Crippen LogP contribution in [0.3, 0.4) is 0 Å². The molecular weight excluding hydrogens is 198 g/mol. The summed E-state index contributed by atoms with van der Waals surface area (Å²) in [5, 5.41) is 10.7. The van der Waals surface area contributed by atoms with Crippen molar-refractivity contribution in [2.45, 2.75) is 32.3 Å². The van der Waals surface area contributed by atoms with Gasteiger partial charge >= 0.3 is 0 Å². The number of nitrogens with zero attached hydrogens (tertiary/aromatic N) is 1. The maximum Gasteiger partial charge on any atom is 0.0733 e. The molecule has 2 aromatic rings. The zero-order chi connectivity index (χ0) is 11.4. The SMILES string of the molecule is CCC(O)CCc1cccc2cccnc12. The number of para-hydroxylation sites is 1. The highest BCUT2D eigenvalue weighted by Gasteiger charge is 2.05. The molecule has 16 heavy (non-hydrogen) atoms. The topological polar surface area (TPSA) is 33.1 Å². The van der Waals surface area contributed by atoms with Gasteiger partial charge in [0.25, 0.3) is 0 Å². The minimum Gasteiger partial charge on any atom is -0.393 e. The largest absolute Gasteiger partial charge is 0.393 e. The monoisotopic (exact) mass is 215 g/mol. The summed E-state index contributed by atoms with van der Waals surface area (Å²) in [5.41, 5.74) is 2.29. The van der Waals surface area contributed by atoms with Gasteiger partial charge < -0.3 is 5.11 Å². The van der Waals surface area contributed by atoms with E-state index in [2.05, 4.69) is 29.2 Å². The van der Waals surface area contributed by atoms with Gasteiger partial charge in [-0.15, -0.1) is 0 Å². The Morgan fingerprint density at radius 1 is 1.25 bits per heavy atom. The number of fused-ring (bicyclic) bond motifs is 1. The molecule has 1 aromatic carbocycles. The van der Waals surface area contributed by atoms with Crippen molar-refractivity contribution >= 4 is 10.9 Å². The van der Waals surface area contributed by atoms with Gasteiger partial charge in [0.05, 0.1) is 11.6 Å². The fourth-order valence-corrected chi connectivity index (χ4v) is 1.90. The maximum atomic E-state index is 9.57. The summed E-state index contributed by atoms with van der Waals surface area (Å²) in [5.74, 6) is 0. The summed E-state index contributed by atoms with van der Waals surface area (Å²) in [4.78, 5) is 4.40. The van der Waals surface area contributed by atoms with Crippen LogP contribution in [-0.2, 0) is 6.42 Å². The molecule has 0 bridgehead atoms. The lowest BCUT2D eigenvalue weighted by molar-refractivity contribution is 0.161. The van der Waals surface area contributed by atoms with Crippen LogP contribution in [0.2, 0.25) is 0 Å². The Bertz CT molecular complexity index is 462. The summed E-state index contributed by atoms with van der Waals surface area (Å²) in [6.45, 7) is 2.01. The van der Waals surface area contributed by atoms with Gasteiger partial charge in [0.15, 0.2) is 0 Å². The molecule has 1 N–H and O–H groups in total. The first-order valence-corrected chi connectivity index (χ1v) is 5.82. The molecule has 0 aliphatic rings. The standard InChI is InChI=1S/C14H17NO/c1-2-13(16)9-8-12-6-3-5-11-7-4-10-15-14(11)12/h3-7,10,13,16H,2,8-9H2,1H3. The van der Waals surface area contributed by atoms with E-state index >= 15 is 0 Å². The fourth-order valence-electron chi connectivity index (χ4n) is 1.90. The Morgan fingerprint density at radius 2 is 2.06 bits per heavy atom. The summed E-state index contributed by atoms with van der Waals surface area (Å²) in [6, 6.07) is 10.2. The Labute approximate surface area is 96.0 Å². The van der Waals surface area contributed by atoms with E-state index in [9.17, 15) is 5.11 Å². The van der Waals surface area contributed by atoms with E-state index in [0.717, 1.165) is 24.8 Å². The maximum absolute atomic E-state index is 9.57. The lowest BCUT2D eigenvalue weighted by Crippen LogP contribution is -2.06. The molecule has 0 aliphatic carbocycles. The normalized spacial score (nSPS) is 12.9. The molecule has 1 heterocycles. The van der Waals surface area contributed by atoms with Gasteiger partial charge in [0.1, 0.15) is 0 Å². The van der Waals surface area contributed by atoms with Gasteiger partial charge in [-0.1, -0.05) is 31.2 Å². The van der Waals surface area contributed by atoms with Crippen LogP contribution in [0.1, 0.15) is 25.3 Å². The van der Waals surface area contributed by atoms with Crippen molar-refractivity contribution in [1.29, 1.82) is 0 Å². The highest BCUT2D eigenvalue weighted by atomic mass is 16.3. The number of hydrogen-bond acceptors (Lipinski definition) is 2. The highest BCUT2D eigenvalue weighted by molar-refractivity contribution is 5.81. The second-order valence-corrected chi connectivity index (χ2v) is 4.09. The van der Waals surface area contributed by atoms with Crippen LogP contribution in [0, 0.1) is 0 Å². The van der Waals surface area contributed by atoms with Gasteiger partial charge in [-0.2, -0.15) is 0 Å². The zero-order valence-corrected chi connectivity index (χ0v) is 9.56. The summed E-state index contributed by atoms with van der Waals surface area (Å²) in [6.07, 6.45) is 4.15. The van der Waals surface area contributed by atoms with Crippen LogP contribution in [-0.4, -0.2) is 16.2 Å². The third-order valence-electron chi connectivity index (χ3n) is 2.93. The average molecular weight is 215 g/mol. The van der Waals surface area contributed by atoms with E-state index in [4.69, 9.17) is 0 Å². The lowest BCUT2D eigenvalue weighted by Gasteiger charge is -2.08. The predicted octanol–water partition coefficient (Wildman–Crippen LogP) is 2.94. The summed E-state index contributed by atoms with van der Waals surface area (Å²) < 4.78 is 0. The van der Waals surface area contributed by atoms with Crippen LogP contribution >= 0.6 is 0 Å². The van der Waals surface area contributed by atoms with Crippen molar-refractivity contribution < 1.29 is 5.11 Å². The van der Waals surface area contributed by atoms with Gasteiger partial charge in [0, 0.05) is 11.6 Å². The van der Waals surface area contributed by atoms with Crippen LogP contribution in [0.4, 0.5) is 0 Å². The number of aliphatic hydroxyl groups excluding tert-OH is 1. The first kappa shape index (κ1) is 11.1. The van der Waals surface area contributed by atoms with Crippen molar-refractivity contribution in [3.05, 3.63) is 42.1 Å². The molecule has 2 rings (SSSR count). The van der Waals surface area contributed by atoms with Crippen molar-refractivity contribution in [3.8, 4) is 0 Å². The summed E-state index contributed by atoms with van der Waals surface area (Å²) in [7, 11) is 0. The molecule has 1 aromatic heterocycles. The molecule has 84 valence electrons. The van der Waals surface area contributed by atoms with Crippen molar-refractivity contribution in [3.63, 3.8) is 0 Å². The van der Waals surface area contributed by atoms with Crippen molar-refractivity contribution in [1.82, 2.24) is 4.98 Å². The molecule has 0 fully saturated rings. The fraction of sp³-hybridized carbons (Fsp3) is 0.357. The minimum atomic E-state index is -0.195. The number of aryl methyl sites for hydroxylation is 1. The van der Waals surface area contributed by atoms with Crippen LogP contribution < -0.4 is 0 Å². The first-order chi connectivity index (χ1) is 7.81. The second-order valence-electron chi connectivity index (χ2n) is 4.09. The molecule has 0 amide bonds.